The van der Waals surface area contributed by atoms with Crippen molar-refractivity contribution in [3.05, 3.63) is 60.2 Å². The fourth-order valence-electron chi connectivity index (χ4n) is 3.48. The Bertz CT molecular complexity index is 1120. The van der Waals surface area contributed by atoms with Gasteiger partial charge in [0.15, 0.2) is 6.10 Å². The maximum absolute atomic E-state index is 13.1. The topological polar surface area (TPSA) is 96.0 Å². The number of carbonyl (C=O) groups is 2. The predicted molar refractivity (Wildman–Crippen MR) is 116 cm³/mol. The summed E-state index contributed by atoms with van der Waals surface area (Å²) in [6.07, 6.45) is 2.62. The van der Waals surface area contributed by atoms with Gasteiger partial charge in [0.1, 0.15) is 5.75 Å². The highest BCUT2D eigenvalue weighted by Crippen LogP contribution is 2.32. The first-order valence-corrected chi connectivity index (χ1v) is 11.4. The van der Waals surface area contributed by atoms with Crippen molar-refractivity contribution >= 4 is 33.6 Å². The third-order valence-electron chi connectivity index (χ3n) is 5.29. The molecule has 1 saturated heterocycles. The summed E-state index contributed by atoms with van der Waals surface area (Å²) in [5.41, 5.74) is 1.26. The van der Waals surface area contributed by atoms with E-state index in [1.54, 1.807) is 24.0 Å². The number of sulfonamides is 1. The lowest BCUT2D eigenvalue weighted by atomic mass is 10.2. The minimum absolute atomic E-state index is 0.0773. The molecule has 4 rings (SSSR count). The second kappa shape index (κ2) is 8.52. The molecule has 0 radical (unpaired) electrons. The Morgan fingerprint density at radius 3 is 2.52 bits per heavy atom. The van der Waals surface area contributed by atoms with Gasteiger partial charge in [-0.15, -0.1) is 0 Å². The van der Waals surface area contributed by atoms with Crippen molar-refractivity contribution in [3.63, 3.8) is 0 Å². The lowest BCUT2D eigenvalue weighted by molar-refractivity contribution is -0.127. The molecule has 0 aliphatic carbocycles. The molecule has 8 nitrogen and oxygen atoms in total. The second-order valence-corrected chi connectivity index (χ2v) is 9.32. The molecular weight excluding hydrogens is 418 g/mol. The molecule has 2 amide bonds. The van der Waals surface area contributed by atoms with E-state index in [-0.39, 0.29) is 29.8 Å². The number of anilines is 1. The number of benzene rings is 2. The highest BCUT2D eigenvalue weighted by atomic mass is 32.2. The molecule has 0 unspecified atom stereocenters. The first kappa shape index (κ1) is 21.1. The van der Waals surface area contributed by atoms with E-state index in [4.69, 9.17) is 4.74 Å². The maximum atomic E-state index is 13.1. The number of amides is 2. The molecule has 1 fully saturated rings. The summed E-state index contributed by atoms with van der Waals surface area (Å²) < 4.78 is 33.0. The van der Waals surface area contributed by atoms with Crippen LogP contribution >= 0.6 is 0 Å². The molecule has 1 N–H and O–H groups in total. The van der Waals surface area contributed by atoms with Crippen LogP contribution in [-0.2, 0) is 19.6 Å². The summed E-state index contributed by atoms with van der Waals surface area (Å²) >= 11 is 0. The molecule has 1 atom stereocenters. The molecule has 0 saturated carbocycles. The Kier molecular flexibility index (Phi) is 5.79. The van der Waals surface area contributed by atoms with Crippen LogP contribution in [0.5, 0.6) is 5.75 Å². The van der Waals surface area contributed by atoms with E-state index in [9.17, 15) is 18.0 Å². The monoisotopic (exact) mass is 441 g/mol. The molecule has 2 aliphatic rings. The van der Waals surface area contributed by atoms with Gasteiger partial charge in [-0.1, -0.05) is 30.3 Å². The second-order valence-electron chi connectivity index (χ2n) is 7.38. The number of hydrogen-bond acceptors (Lipinski definition) is 5. The summed E-state index contributed by atoms with van der Waals surface area (Å²) in [4.78, 5) is 26.0. The molecular formula is C22H23N3O5S. The molecule has 0 aromatic heterocycles. The van der Waals surface area contributed by atoms with Crippen molar-refractivity contribution in [3.8, 4) is 5.75 Å². The van der Waals surface area contributed by atoms with Gasteiger partial charge in [0.05, 0.1) is 10.6 Å². The van der Waals surface area contributed by atoms with Gasteiger partial charge < -0.3 is 15.0 Å². The lowest BCUT2D eigenvalue weighted by Gasteiger charge is -2.33. The van der Waals surface area contributed by atoms with Gasteiger partial charge >= 0.3 is 0 Å². The van der Waals surface area contributed by atoms with E-state index in [2.05, 4.69) is 5.32 Å². The average molecular weight is 442 g/mol. The first-order valence-electron chi connectivity index (χ1n) is 9.98. The number of nitrogens with zero attached hydrogens (tertiary/aromatic N) is 2. The Morgan fingerprint density at radius 2 is 1.81 bits per heavy atom. The fraction of sp³-hybridized carbons (Fsp3) is 0.273. The van der Waals surface area contributed by atoms with Crippen LogP contribution in [0, 0.1) is 0 Å². The van der Waals surface area contributed by atoms with Crippen molar-refractivity contribution in [1.82, 2.24) is 9.21 Å². The molecule has 2 aromatic rings. The summed E-state index contributed by atoms with van der Waals surface area (Å²) in [6.45, 7) is 2.63. The highest BCUT2D eigenvalue weighted by molar-refractivity contribution is 7.89. The van der Waals surface area contributed by atoms with E-state index in [0.717, 1.165) is 5.56 Å². The van der Waals surface area contributed by atoms with Crippen molar-refractivity contribution in [2.45, 2.75) is 17.9 Å². The van der Waals surface area contributed by atoms with Crippen LogP contribution in [0.3, 0.4) is 0 Å². The van der Waals surface area contributed by atoms with Crippen LogP contribution in [-0.4, -0.2) is 61.7 Å². The van der Waals surface area contributed by atoms with Gasteiger partial charge in [0.25, 0.3) is 5.91 Å². The van der Waals surface area contributed by atoms with Crippen LogP contribution in [0.4, 0.5) is 5.69 Å². The Morgan fingerprint density at radius 1 is 1.10 bits per heavy atom. The first-order chi connectivity index (χ1) is 14.8. The van der Waals surface area contributed by atoms with Gasteiger partial charge in [-0.25, -0.2) is 8.42 Å². The van der Waals surface area contributed by atoms with Gasteiger partial charge in [-0.3, -0.25) is 9.59 Å². The van der Waals surface area contributed by atoms with Gasteiger partial charge in [0.2, 0.25) is 15.9 Å². The third-order valence-corrected chi connectivity index (χ3v) is 7.18. The van der Waals surface area contributed by atoms with E-state index < -0.39 is 16.1 Å². The number of carbonyl (C=O) groups excluding carboxylic acids is 2. The Hall–Kier alpha value is -3.17. The molecule has 2 heterocycles. The average Bonchev–Trinajstić information content (AvgIpc) is 2.78. The van der Waals surface area contributed by atoms with E-state index in [1.807, 2.05) is 30.3 Å². The van der Waals surface area contributed by atoms with E-state index >= 15 is 0 Å². The standard InChI is InChI=1S/C22H23N3O5S/c1-16-22(27)23-19-15-18(8-9-20(19)30-16)31(28,29)25-13-11-24(12-14-25)21(26)10-7-17-5-3-2-4-6-17/h2-10,15-16H,11-14H2,1H3,(H,23,27)/b10-7+/t16-/m1/s1. The van der Waals surface area contributed by atoms with E-state index in [0.29, 0.717) is 24.5 Å². The van der Waals surface area contributed by atoms with Crippen LogP contribution in [0.2, 0.25) is 0 Å². The van der Waals surface area contributed by atoms with Crippen molar-refractivity contribution < 1.29 is 22.7 Å². The van der Waals surface area contributed by atoms with Crippen LogP contribution in [0.15, 0.2) is 59.5 Å². The van der Waals surface area contributed by atoms with E-state index in [1.165, 1.54) is 22.5 Å². The molecule has 0 bridgehead atoms. The minimum Gasteiger partial charge on any atom is -0.479 e. The molecule has 162 valence electrons. The predicted octanol–water partition coefficient (Wildman–Crippen LogP) is 1.95. The smallest absolute Gasteiger partial charge is 0.265 e. The quantitative estimate of drug-likeness (QED) is 0.732. The van der Waals surface area contributed by atoms with Gasteiger partial charge in [-0.2, -0.15) is 4.31 Å². The lowest BCUT2D eigenvalue weighted by Crippen LogP contribution is -2.50. The van der Waals surface area contributed by atoms with Crippen molar-refractivity contribution in [1.29, 1.82) is 0 Å². The number of ether oxygens (including phenoxy) is 1. The normalized spacial score (nSPS) is 19.6. The minimum atomic E-state index is -3.76. The van der Waals surface area contributed by atoms with Crippen molar-refractivity contribution in [2.24, 2.45) is 0 Å². The van der Waals surface area contributed by atoms with Crippen LogP contribution in [0.1, 0.15) is 12.5 Å². The molecule has 9 heteroatoms. The summed E-state index contributed by atoms with van der Waals surface area (Å²) in [5.74, 6) is -0.0342. The fourth-order valence-corrected chi connectivity index (χ4v) is 4.93. The molecule has 0 spiro atoms. The Labute approximate surface area is 181 Å². The highest BCUT2D eigenvalue weighted by Gasteiger charge is 2.31. The zero-order valence-corrected chi connectivity index (χ0v) is 17.8. The number of piperazine rings is 1. The zero-order chi connectivity index (χ0) is 22.0. The number of rotatable bonds is 4. The number of nitrogens with one attached hydrogen (secondary N) is 1. The van der Waals surface area contributed by atoms with Gasteiger partial charge in [0, 0.05) is 32.3 Å². The Balaban J connectivity index is 1.41. The molecule has 2 aromatic carbocycles. The largest absolute Gasteiger partial charge is 0.479 e. The van der Waals surface area contributed by atoms with Gasteiger partial charge in [-0.05, 0) is 36.8 Å². The number of fused-ring (bicyclic) bond motifs is 1. The molecule has 2 aliphatic heterocycles. The third kappa shape index (κ3) is 4.47. The van der Waals surface area contributed by atoms with Crippen molar-refractivity contribution in [2.75, 3.05) is 31.5 Å². The van der Waals surface area contributed by atoms with Crippen LogP contribution in [0.25, 0.3) is 6.08 Å². The zero-order valence-electron chi connectivity index (χ0n) is 17.0. The summed E-state index contributed by atoms with van der Waals surface area (Å²) in [5, 5.41) is 2.67. The number of hydrogen-bond donors (Lipinski definition) is 1. The summed E-state index contributed by atoms with van der Waals surface area (Å²) in [7, 11) is -3.76. The summed E-state index contributed by atoms with van der Waals surface area (Å²) in [6, 6.07) is 13.9. The maximum Gasteiger partial charge on any atom is 0.265 e. The SMILES string of the molecule is C[C@H]1Oc2ccc(S(=O)(=O)N3CCN(C(=O)/C=C/c4ccccc4)CC3)cc2NC1=O. The van der Waals surface area contributed by atoms with Crippen LogP contribution < -0.4 is 10.1 Å². The molecule has 31 heavy (non-hydrogen) atoms.